The van der Waals surface area contributed by atoms with Crippen LogP contribution in [0.3, 0.4) is 0 Å². The molecule has 4 aromatic rings. The number of aromatic nitrogens is 4. The molecular formula is C23H23N5O. The predicted molar refractivity (Wildman–Crippen MR) is 111 cm³/mol. The molecule has 0 unspecified atom stereocenters. The Kier molecular flexibility index (Phi) is 4.48. The van der Waals surface area contributed by atoms with Crippen molar-refractivity contribution in [1.29, 1.82) is 0 Å². The second kappa shape index (κ2) is 7.29. The number of rotatable bonds is 5. The Morgan fingerprint density at radius 1 is 0.966 bits per heavy atom. The number of hydrogen-bond donors (Lipinski definition) is 1. The van der Waals surface area contributed by atoms with Crippen LogP contribution in [0.1, 0.15) is 37.1 Å². The van der Waals surface area contributed by atoms with Gasteiger partial charge < -0.3 is 10.3 Å². The van der Waals surface area contributed by atoms with Gasteiger partial charge in [0.05, 0.1) is 17.6 Å². The van der Waals surface area contributed by atoms with Gasteiger partial charge >= 0.3 is 0 Å². The molecule has 29 heavy (non-hydrogen) atoms. The summed E-state index contributed by atoms with van der Waals surface area (Å²) >= 11 is 0. The molecule has 0 atom stereocenters. The van der Waals surface area contributed by atoms with Gasteiger partial charge in [-0.05, 0) is 18.4 Å². The lowest BCUT2D eigenvalue weighted by molar-refractivity contribution is 0.372. The molecule has 0 radical (unpaired) electrons. The predicted octanol–water partition coefficient (Wildman–Crippen LogP) is 4.38. The zero-order valence-electron chi connectivity index (χ0n) is 16.2. The van der Waals surface area contributed by atoms with Gasteiger partial charge in [0.2, 0.25) is 0 Å². The first-order chi connectivity index (χ1) is 14.2. The molecular weight excluding hydrogens is 362 g/mol. The smallest absolute Gasteiger partial charge is 0.261 e. The summed E-state index contributed by atoms with van der Waals surface area (Å²) in [6.07, 6.45) is 5.97. The van der Waals surface area contributed by atoms with Crippen LogP contribution >= 0.6 is 0 Å². The van der Waals surface area contributed by atoms with Crippen molar-refractivity contribution in [3.05, 3.63) is 78.2 Å². The lowest BCUT2D eigenvalue weighted by atomic mass is 9.98. The third kappa shape index (κ3) is 3.47. The van der Waals surface area contributed by atoms with E-state index in [1.54, 1.807) is 0 Å². The highest BCUT2D eigenvalue weighted by atomic mass is 16.5. The maximum atomic E-state index is 6.52. The van der Waals surface area contributed by atoms with Crippen LogP contribution in [0.2, 0.25) is 0 Å². The van der Waals surface area contributed by atoms with Crippen LogP contribution in [0.25, 0.3) is 22.7 Å². The van der Waals surface area contributed by atoms with Crippen molar-refractivity contribution in [3.63, 3.8) is 0 Å². The van der Waals surface area contributed by atoms with E-state index in [9.17, 15) is 0 Å². The molecule has 2 N–H and O–H groups in total. The van der Waals surface area contributed by atoms with Gasteiger partial charge in [0.15, 0.2) is 5.82 Å². The number of benzene rings is 2. The molecule has 0 aliphatic heterocycles. The summed E-state index contributed by atoms with van der Waals surface area (Å²) in [7, 11) is 0. The number of nitrogens with zero attached hydrogens (tertiary/aromatic N) is 4. The Bertz CT molecular complexity index is 1090. The molecule has 0 saturated heterocycles. The highest BCUT2D eigenvalue weighted by molar-refractivity contribution is 5.76. The van der Waals surface area contributed by atoms with E-state index >= 15 is 0 Å². The van der Waals surface area contributed by atoms with Gasteiger partial charge in [-0.15, -0.1) is 0 Å². The van der Waals surface area contributed by atoms with Crippen molar-refractivity contribution in [1.82, 2.24) is 19.9 Å². The Morgan fingerprint density at radius 2 is 1.66 bits per heavy atom. The average molecular weight is 385 g/mol. The van der Waals surface area contributed by atoms with Gasteiger partial charge in [-0.1, -0.05) is 78.7 Å². The number of hydrogen-bond acceptors (Lipinski definition) is 5. The van der Waals surface area contributed by atoms with Crippen molar-refractivity contribution >= 4 is 0 Å². The fourth-order valence-electron chi connectivity index (χ4n) is 4.00. The largest absolute Gasteiger partial charge is 0.334 e. The monoisotopic (exact) mass is 385 g/mol. The average Bonchev–Trinajstić information content (AvgIpc) is 3.49. The molecule has 2 heterocycles. The molecule has 146 valence electrons. The van der Waals surface area contributed by atoms with E-state index in [0.717, 1.165) is 42.5 Å². The minimum absolute atomic E-state index is 0.467. The first kappa shape index (κ1) is 17.8. The fraction of sp³-hybridized carbons (Fsp3) is 0.261. The molecule has 0 spiro atoms. The van der Waals surface area contributed by atoms with Crippen LogP contribution in [-0.2, 0) is 12.1 Å². The normalized spacial score (nSPS) is 15.6. The Balaban J connectivity index is 1.55. The zero-order chi connectivity index (χ0) is 19.7. The maximum Gasteiger partial charge on any atom is 0.261 e. The van der Waals surface area contributed by atoms with Crippen molar-refractivity contribution in [3.8, 4) is 22.7 Å². The van der Waals surface area contributed by atoms with Crippen molar-refractivity contribution in [2.24, 2.45) is 5.73 Å². The Labute approximate surface area is 169 Å². The molecule has 2 aromatic heterocycles. The molecule has 0 bridgehead atoms. The van der Waals surface area contributed by atoms with E-state index < -0.39 is 5.54 Å². The Hall–Kier alpha value is -3.25. The van der Waals surface area contributed by atoms with Gasteiger partial charge in [0.1, 0.15) is 5.69 Å². The van der Waals surface area contributed by atoms with Gasteiger partial charge in [0.25, 0.3) is 5.89 Å². The zero-order valence-corrected chi connectivity index (χ0v) is 16.2. The molecule has 5 rings (SSSR count). The lowest BCUT2D eigenvalue weighted by Gasteiger charge is -2.17. The van der Waals surface area contributed by atoms with Gasteiger partial charge in [-0.2, -0.15) is 10.1 Å². The SMILES string of the molecule is NC1(c2noc(-c3cn(Cc4ccccc4)nc3-c3ccccc3)n2)CCCC1. The van der Waals surface area contributed by atoms with Gasteiger partial charge in [-0.25, -0.2) is 0 Å². The van der Waals surface area contributed by atoms with Crippen LogP contribution in [-0.4, -0.2) is 19.9 Å². The van der Waals surface area contributed by atoms with Crippen LogP contribution < -0.4 is 5.73 Å². The van der Waals surface area contributed by atoms with Crippen LogP contribution in [0, 0.1) is 0 Å². The van der Waals surface area contributed by atoms with Gasteiger partial charge in [-0.3, -0.25) is 4.68 Å². The molecule has 1 saturated carbocycles. The quantitative estimate of drug-likeness (QED) is 0.551. The van der Waals surface area contributed by atoms with Gasteiger partial charge in [0, 0.05) is 11.8 Å². The minimum atomic E-state index is -0.477. The minimum Gasteiger partial charge on any atom is -0.334 e. The maximum absolute atomic E-state index is 6.52. The molecule has 1 aliphatic rings. The van der Waals surface area contributed by atoms with Crippen molar-refractivity contribution in [2.75, 3.05) is 0 Å². The number of nitrogens with two attached hydrogens (primary N) is 1. The van der Waals surface area contributed by atoms with E-state index in [-0.39, 0.29) is 0 Å². The second-order valence-corrected chi connectivity index (χ2v) is 7.73. The third-order valence-corrected chi connectivity index (χ3v) is 5.59. The van der Waals surface area contributed by atoms with Crippen molar-refractivity contribution in [2.45, 2.75) is 37.8 Å². The van der Waals surface area contributed by atoms with Crippen molar-refractivity contribution < 1.29 is 4.52 Å². The summed E-state index contributed by atoms with van der Waals surface area (Å²) in [5.74, 6) is 1.06. The summed E-state index contributed by atoms with van der Waals surface area (Å²) in [6, 6.07) is 20.3. The van der Waals surface area contributed by atoms with E-state index in [4.69, 9.17) is 15.4 Å². The van der Waals surface area contributed by atoms with Crippen LogP contribution in [0.15, 0.2) is 71.4 Å². The van der Waals surface area contributed by atoms with E-state index in [1.165, 1.54) is 5.56 Å². The van der Waals surface area contributed by atoms with E-state index in [0.29, 0.717) is 18.3 Å². The fourth-order valence-corrected chi connectivity index (χ4v) is 4.00. The summed E-state index contributed by atoms with van der Waals surface area (Å²) in [5, 5.41) is 9.06. The molecule has 0 amide bonds. The lowest BCUT2D eigenvalue weighted by Crippen LogP contribution is -2.34. The molecule has 2 aromatic carbocycles. The second-order valence-electron chi connectivity index (χ2n) is 7.73. The summed E-state index contributed by atoms with van der Waals surface area (Å²) < 4.78 is 7.58. The highest BCUT2D eigenvalue weighted by Crippen LogP contribution is 2.37. The Morgan fingerprint density at radius 3 is 2.38 bits per heavy atom. The third-order valence-electron chi connectivity index (χ3n) is 5.59. The highest BCUT2D eigenvalue weighted by Gasteiger charge is 2.36. The van der Waals surface area contributed by atoms with Crippen LogP contribution in [0.5, 0.6) is 0 Å². The summed E-state index contributed by atoms with van der Waals surface area (Å²) in [4.78, 5) is 4.68. The summed E-state index contributed by atoms with van der Waals surface area (Å²) in [5.41, 5.74) is 9.89. The first-order valence-corrected chi connectivity index (χ1v) is 10.0. The molecule has 1 fully saturated rings. The van der Waals surface area contributed by atoms with E-state index in [2.05, 4.69) is 22.3 Å². The summed E-state index contributed by atoms with van der Waals surface area (Å²) in [6.45, 7) is 0.669. The molecule has 1 aliphatic carbocycles. The van der Waals surface area contributed by atoms with E-state index in [1.807, 2.05) is 59.4 Å². The molecule has 6 heteroatoms. The standard InChI is InChI=1S/C23H23N5O/c24-23(13-7-8-14-23)22-25-21(29-27-22)19-16-28(15-17-9-3-1-4-10-17)26-20(19)18-11-5-2-6-12-18/h1-6,9-12,16H,7-8,13-15,24H2. The topological polar surface area (TPSA) is 82.8 Å². The molecule has 6 nitrogen and oxygen atoms in total. The van der Waals surface area contributed by atoms with Crippen LogP contribution in [0.4, 0.5) is 0 Å². The first-order valence-electron chi connectivity index (χ1n) is 10.0.